The summed E-state index contributed by atoms with van der Waals surface area (Å²) in [6.07, 6.45) is 1.28. The maximum Gasteiger partial charge on any atom is 0.360 e. The zero-order chi connectivity index (χ0) is 16.1. The molecule has 6 nitrogen and oxygen atoms in total. The fourth-order valence-corrected chi connectivity index (χ4v) is 2.16. The van der Waals surface area contributed by atoms with Crippen LogP contribution in [0.5, 0.6) is 5.75 Å². The van der Waals surface area contributed by atoms with Crippen LogP contribution in [0.4, 0.5) is 5.82 Å². The van der Waals surface area contributed by atoms with Gasteiger partial charge in [0.25, 0.3) is 0 Å². The quantitative estimate of drug-likeness (QED) is 0.842. The van der Waals surface area contributed by atoms with Crippen LogP contribution in [0.2, 0.25) is 10.2 Å². The van der Waals surface area contributed by atoms with Crippen LogP contribution in [0.1, 0.15) is 16.1 Å². The number of ether oxygens (including phenoxy) is 2. The van der Waals surface area contributed by atoms with Crippen LogP contribution in [0.25, 0.3) is 0 Å². The Balaban J connectivity index is 2.19. The summed E-state index contributed by atoms with van der Waals surface area (Å²) in [5.41, 5.74) is 0.940. The number of methoxy groups -OCH3 is 2. The molecule has 0 radical (unpaired) electrons. The molecule has 1 N–H and O–H groups in total. The Morgan fingerprint density at radius 2 is 2.09 bits per heavy atom. The molecule has 1 aromatic heterocycles. The normalized spacial score (nSPS) is 10.2. The number of anilines is 1. The first-order valence-corrected chi connectivity index (χ1v) is 6.98. The molecule has 0 saturated carbocycles. The lowest BCUT2D eigenvalue weighted by Gasteiger charge is -2.10. The zero-order valence-electron chi connectivity index (χ0n) is 11.9. The molecule has 2 rings (SSSR count). The van der Waals surface area contributed by atoms with Gasteiger partial charge < -0.3 is 14.8 Å². The molecule has 0 saturated heterocycles. The molecule has 116 valence electrons. The number of halogens is 2. The molecule has 0 atom stereocenters. The van der Waals surface area contributed by atoms with Crippen molar-refractivity contribution in [3.05, 3.63) is 45.8 Å². The molecule has 0 bridgehead atoms. The molecule has 0 aliphatic heterocycles. The number of benzene rings is 1. The molecule has 0 unspecified atom stereocenters. The number of aromatic nitrogens is 2. The number of rotatable bonds is 5. The van der Waals surface area contributed by atoms with E-state index in [0.717, 1.165) is 5.56 Å². The molecule has 0 spiro atoms. The van der Waals surface area contributed by atoms with Gasteiger partial charge in [-0.05, 0) is 17.7 Å². The highest BCUT2D eigenvalue weighted by Crippen LogP contribution is 2.25. The Morgan fingerprint density at radius 3 is 2.73 bits per heavy atom. The number of hydrogen-bond acceptors (Lipinski definition) is 6. The van der Waals surface area contributed by atoms with Crippen molar-refractivity contribution >= 4 is 35.0 Å². The zero-order valence-corrected chi connectivity index (χ0v) is 13.4. The van der Waals surface area contributed by atoms with Crippen LogP contribution in [0.3, 0.4) is 0 Å². The molecule has 2 aromatic rings. The summed E-state index contributed by atoms with van der Waals surface area (Å²) < 4.78 is 9.75. The van der Waals surface area contributed by atoms with Crippen LogP contribution in [0, 0.1) is 0 Å². The molecule has 0 aliphatic rings. The minimum atomic E-state index is -0.598. The van der Waals surface area contributed by atoms with Gasteiger partial charge in [0.15, 0.2) is 11.5 Å². The smallest absolute Gasteiger partial charge is 0.360 e. The standard InChI is InChI=1S/C14H13Cl2N3O3/c1-21-10-4-3-8(5-9(10)15)6-18-13-12(14(20)22-2)17-7-11(16)19-13/h3-5,7H,6H2,1-2H3,(H,18,19). The Kier molecular flexibility index (Phi) is 5.41. The van der Waals surface area contributed by atoms with Gasteiger partial charge in [-0.2, -0.15) is 0 Å². The van der Waals surface area contributed by atoms with Gasteiger partial charge in [0.2, 0.25) is 0 Å². The highest BCUT2D eigenvalue weighted by molar-refractivity contribution is 6.32. The van der Waals surface area contributed by atoms with Crippen molar-refractivity contribution in [1.29, 1.82) is 0 Å². The Labute approximate surface area is 137 Å². The summed E-state index contributed by atoms with van der Waals surface area (Å²) in [4.78, 5) is 19.6. The maximum atomic E-state index is 11.6. The van der Waals surface area contributed by atoms with Gasteiger partial charge in [0.1, 0.15) is 10.9 Å². The number of nitrogens with zero attached hydrogens (tertiary/aromatic N) is 2. The van der Waals surface area contributed by atoms with Crippen molar-refractivity contribution in [2.75, 3.05) is 19.5 Å². The van der Waals surface area contributed by atoms with E-state index in [1.165, 1.54) is 13.3 Å². The number of esters is 1. The Hall–Kier alpha value is -2.05. The van der Waals surface area contributed by atoms with E-state index in [0.29, 0.717) is 17.3 Å². The van der Waals surface area contributed by atoms with Gasteiger partial charge in [0.05, 0.1) is 25.4 Å². The van der Waals surface area contributed by atoms with E-state index in [1.807, 2.05) is 6.07 Å². The lowest BCUT2D eigenvalue weighted by atomic mass is 10.2. The first-order valence-electron chi connectivity index (χ1n) is 6.22. The molecule has 0 aliphatic carbocycles. The van der Waals surface area contributed by atoms with Crippen molar-refractivity contribution < 1.29 is 14.3 Å². The van der Waals surface area contributed by atoms with Crippen LogP contribution in [-0.2, 0) is 11.3 Å². The van der Waals surface area contributed by atoms with Crippen LogP contribution >= 0.6 is 23.2 Å². The fraction of sp³-hybridized carbons (Fsp3) is 0.214. The SMILES string of the molecule is COC(=O)c1ncc(Cl)nc1NCc1ccc(OC)c(Cl)c1. The number of carbonyl (C=O) groups excluding carboxylic acids is 1. The van der Waals surface area contributed by atoms with Gasteiger partial charge in [-0.1, -0.05) is 29.3 Å². The summed E-state index contributed by atoms with van der Waals surface area (Å²) >= 11 is 11.9. The van der Waals surface area contributed by atoms with E-state index < -0.39 is 5.97 Å². The third kappa shape index (κ3) is 3.78. The van der Waals surface area contributed by atoms with E-state index in [1.54, 1.807) is 19.2 Å². The first-order chi connectivity index (χ1) is 10.5. The van der Waals surface area contributed by atoms with Crippen molar-refractivity contribution in [2.24, 2.45) is 0 Å². The molecule has 1 heterocycles. The third-order valence-electron chi connectivity index (χ3n) is 2.80. The number of nitrogens with one attached hydrogen (secondary N) is 1. The highest BCUT2D eigenvalue weighted by Gasteiger charge is 2.15. The highest BCUT2D eigenvalue weighted by atomic mass is 35.5. The lowest BCUT2D eigenvalue weighted by Crippen LogP contribution is -2.12. The second kappa shape index (κ2) is 7.29. The van der Waals surface area contributed by atoms with Crippen molar-refractivity contribution in [3.63, 3.8) is 0 Å². The fourth-order valence-electron chi connectivity index (χ4n) is 1.74. The summed E-state index contributed by atoms with van der Waals surface area (Å²) in [7, 11) is 2.81. The van der Waals surface area contributed by atoms with Crippen molar-refractivity contribution in [2.45, 2.75) is 6.54 Å². The molecular formula is C14H13Cl2N3O3. The first kappa shape index (κ1) is 16.3. The van der Waals surface area contributed by atoms with Crippen LogP contribution in [-0.4, -0.2) is 30.2 Å². The minimum absolute atomic E-state index is 0.0616. The molecule has 8 heteroatoms. The van der Waals surface area contributed by atoms with E-state index in [2.05, 4.69) is 20.0 Å². The summed E-state index contributed by atoms with van der Waals surface area (Å²) in [6.45, 7) is 0.378. The predicted octanol–water partition coefficient (Wildman–Crippen LogP) is 3.19. The van der Waals surface area contributed by atoms with E-state index in [-0.39, 0.29) is 16.7 Å². The maximum absolute atomic E-state index is 11.6. The van der Waals surface area contributed by atoms with E-state index >= 15 is 0 Å². The van der Waals surface area contributed by atoms with Crippen LogP contribution in [0.15, 0.2) is 24.4 Å². The van der Waals surface area contributed by atoms with Gasteiger partial charge in [-0.15, -0.1) is 0 Å². The lowest BCUT2D eigenvalue weighted by molar-refractivity contribution is 0.0595. The Bertz CT molecular complexity index is 695. The monoisotopic (exact) mass is 341 g/mol. The van der Waals surface area contributed by atoms with Gasteiger partial charge in [-0.3, -0.25) is 0 Å². The third-order valence-corrected chi connectivity index (χ3v) is 3.28. The van der Waals surface area contributed by atoms with E-state index in [9.17, 15) is 4.79 Å². The van der Waals surface area contributed by atoms with Crippen LogP contribution < -0.4 is 10.1 Å². The van der Waals surface area contributed by atoms with Crippen molar-refractivity contribution in [3.8, 4) is 5.75 Å². The van der Waals surface area contributed by atoms with Gasteiger partial charge in [-0.25, -0.2) is 14.8 Å². The second-order valence-electron chi connectivity index (χ2n) is 4.20. The molecule has 0 fully saturated rings. The largest absolute Gasteiger partial charge is 0.495 e. The summed E-state index contributed by atoms with van der Waals surface area (Å²) in [5, 5.41) is 3.65. The molecule has 1 aromatic carbocycles. The molecular weight excluding hydrogens is 329 g/mol. The topological polar surface area (TPSA) is 73.3 Å². The van der Waals surface area contributed by atoms with Crippen molar-refractivity contribution in [1.82, 2.24) is 9.97 Å². The van der Waals surface area contributed by atoms with Gasteiger partial charge >= 0.3 is 5.97 Å². The van der Waals surface area contributed by atoms with Gasteiger partial charge in [0, 0.05) is 6.54 Å². The molecule has 0 amide bonds. The van der Waals surface area contributed by atoms with E-state index in [4.69, 9.17) is 27.9 Å². The Morgan fingerprint density at radius 1 is 1.32 bits per heavy atom. The molecule has 22 heavy (non-hydrogen) atoms. The average Bonchev–Trinajstić information content (AvgIpc) is 2.52. The summed E-state index contributed by atoms with van der Waals surface area (Å²) in [5.74, 6) is 0.230. The number of hydrogen-bond donors (Lipinski definition) is 1. The average molecular weight is 342 g/mol. The second-order valence-corrected chi connectivity index (χ2v) is 5.00. The predicted molar refractivity (Wildman–Crippen MR) is 83.7 cm³/mol. The number of carbonyl (C=O) groups is 1. The summed E-state index contributed by atoms with van der Waals surface area (Å²) in [6, 6.07) is 5.35. The minimum Gasteiger partial charge on any atom is -0.495 e.